The maximum Gasteiger partial charge on any atom is 0.0963 e. The van der Waals surface area contributed by atoms with E-state index in [0.29, 0.717) is 0 Å². The van der Waals surface area contributed by atoms with Crippen molar-refractivity contribution in [3.8, 4) is 22.3 Å². The molecule has 9 nitrogen and oxygen atoms in total. The molecule has 9 heteroatoms. The number of benzene rings is 17. The van der Waals surface area contributed by atoms with E-state index in [1.807, 2.05) is 37.1 Å². The SMILES string of the molecule is CC(C)(C)N(c1ccc(-c2ccccc2)cc1)c1ccc(-c2ccccc2)cc1.CC(C)(C)N(c1ccc2ccccc2c1)c1ccc2ccccc2c1.CC(C)(C)N(c1cccc2ccccc12)c1cccc2ccccc12.CC(C)(C)N(c1ccccc1)c1ccccc1.CC(C)(C)n1c2ccccc2c2ccccc21.CC(C)(C)n1ccnc1.CC(C)(C)n1cnc2ccccc21. The molecule has 0 aliphatic carbocycles. The van der Waals surface area contributed by atoms with Crippen molar-refractivity contribution < 1.29 is 0 Å². The molecule has 684 valence electrons. The van der Waals surface area contributed by atoms with Gasteiger partial charge in [-0.2, -0.15) is 0 Å². The summed E-state index contributed by atoms with van der Waals surface area (Å²) in [7, 11) is 0. The third kappa shape index (κ3) is 23.9. The summed E-state index contributed by atoms with van der Waals surface area (Å²) in [6.45, 7) is 46.8. The van der Waals surface area contributed by atoms with Gasteiger partial charge in [0.2, 0.25) is 0 Å². The summed E-state index contributed by atoms with van der Waals surface area (Å²) in [5.41, 5.74) is 20.0. The minimum Gasteiger partial charge on any atom is -0.336 e. The van der Waals surface area contributed by atoms with Crippen LogP contribution in [0.15, 0.2) is 438 Å². The van der Waals surface area contributed by atoms with Crippen LogP contribution in [0.25, 0.3) is 98.2 Å². The average molecular weight is 1780 g/mol. The zero-order valence-electron chi connectivity index (χ0n) is 83.1. The van der Waals surface area contributed by atoms with Crippen LogP contribution in [0.5, 0.6) is 0 Å². The van der Waals surface area contributed by atoms with Gasteiger partial charge in [0.05, 0.1) is 23.7 Å². The number of para-hydroxylation sites is 6. The van der Waals surface area contributed by atoms with Crippen LogP contribution in [0, 0.1) is 0 Å². The summed E-state index contributed by atoms with van der Waals surface area (Å²) < 4.78 is 6.70. The molecule has 3 heterocycles. The van der Waals surface area contributed by atoms with Crippen LogP contribution >= 0.6 is 0 Å². The molecule has 20 aromatic rings. The topological polar surface area (TPSA) is 53.5 Å². The minimum absolute atomic E-state index is 0.0229. The van der Waals surface area contributed by atoms with E-state index in [2.05, 4.69) is 583 Å². The first-order chi connectivity index (χ1) is 64.5. The Kier molecular flexibility index (Phi) is 29.8. The maximum absolute atomic E-state index is 4.35. The van der Waals surface area contributed by atoms with Crippen molar-refractivity contribution in [1.29, 1.82) is 0 Å². The van der Waals surface area contributed by atoms with Crippen LogP contribution in [-0.2, 0) is 16.6 Å². The largest absolute Gasteiger partial charge is 0.336 e. The summed E-state index contributed by atoms with van der Waals surface area (Å²) in [6, 6.07) is 146. The van der Waals surface area contributed by atoms with Gasteiger partial charge in [0.25, 0.3) is 0 Å². The van der Waals surface area contributed by atoms with Gasteiger partial charge in [-0.15, -0.1) is 0 Å². The normalized spacial score (nSPS) is 11.7. The molecular formula is C126H135N9. The van der Waals surface area contributed by atoms with E-state index in [4.69, 9.17) is 0 Å². The molecule has 0 bridgehead atoms. The molecule has 0 fully saturated rings. The summed E-state index contributed by atoms with van der Waals surface area (Å²) >= 11 is 0. The molecule has 0 aliphatic heterocycles. The monoisotopic (exact) mass is 1770 g/mol. The Balaban J connectivity index is 0.000000129. The molecule has 0 amide bonds. The second-order valence-electron chi connectivity index (χ2n) is 41.5. The smallest absolute Gasteiger partial charge is 0.0963 e. The van der Waals surface area contributed by atoms with E-state index in [0.717, 1.165) is 5.52 Å². The van der Waals surface area contributed by atoms with Gasteiger partial charge in [0.1, 0.15) is 0 Å². The Morgan fingerprint density at radius 2 is 0.519 bits per heavy atom. The molecule has 0 saturated heterocycles. The molecule has 0 atom stereocenters. The van der Waals surface area contributed by atoms with Gasteiger partial charge in [0, 0.05) is 129 Å². The fourth-order valence-electron chi connectivity index (χ4n) is 17.9. The molecule has 20 rings (SSSR count). The molecule has 0 radical (unpaired) electrons. The highest BCUT2D eigenvalue weighted by atomic mass is 15.2. The number of nitrogens with zero attached hydrogens (tertiary/aromatic N) is 9. The first kappa shape index (κ1) is 96.5. The number of aromatic nitrogens is 5. The summed E-state index contributed by atoms with van der Waals surface area (Å²) in [5.74, 6) is 0. The first-order valence-corrected chi connectivity index (χ1v) is 47.4. The van der Waals surface area contributed by atoms with Crippen LogP contribution < -0.4 is 19.6 Å². The molecule has 0 spiro atoms. The van der Waals surface area contributed by atoms with E-state index in [-0.39, 0.29) is 38.8 Å². The van der Waals surface area contributed by atoms with Gasteiger partial charge in [0.15, 0.2) is 0 Å². The predicted molar refractivity (Wildman–Crippen MR) is 586 cm³/mol. The van der Waals surface area contributed by atoms with Gasteiger partial charge < -0.3 is 33.3 Å². The highest BCUT2D eigenvalue weighted by molar-refractivity contribution is 6.08. The Morgan fingerprint density at radius 1 is 0.215 bits per heavy atom. The van der Waals surface area contributed by atoms with Gasteiger partial charge in [-0.3, -0.25) is 0 Å². The highest BCUT2D eigenvalue weighted by Gasteiger charge is 2.30. The maximum atomic E-state index is 4.35. The fourth-order valence-corrected chi connectivity index (χ4v) is 17.9. The molecule has 0 N–H and O–H groups in total. The number of hydrogen-bond donors (Lipinski definition) is 0. The van der Waals surface area contributed by atoms with Crippen LogP contribution in [0.3, 0.4) is 0 Å². The van der Waals surface area contributed by atoms with E-state index in [1.54, 1.807) is 6.20 Å². The Labute approximate surface area is 803 Å². The lowest BCUT2D eigenvalue weighted by atomic mass is 9.98. The first-order valence-electron chi connectivity index (χ1n) is 47.4. The molecule has 0 unspecified atom stereocenters. The van der Waals surface area contributed by atoms with Crippen LogP contribution in [0.4, 0.5) is 45.5 Å². The zero-order valence-corrected chi connectivity index (χ0v) is 83.1. The molecule has 17 aromatic carbocycles. The number of fused-ring (bicyclic) bond motifs is 8. The second kappa shape index (κ2) is 41.7. The van der Waals surface area contributed by atoms with Crippen LogP contribution in [-0.4, -0.2) is 45.8 Å². The lowest BCUT2D eigenvalue weighted by Gasteiger charge is -2.39. The number of imidazole rings is 2. The van der Waals surface area contributed by atoms with Gasteiger partial charge in [-0.05, 0) is 309 Å². The number of rotatable bonds is 10. The van der Waals surface area contributed by atoms with Gasteiger partial charge in [-0.1, -0.05) is 303 Å². The average Bonchev–Trinajstić information content (AvgIpc) is 1.68. The van der Waals surface area contributed by atoms with Crippen LogP contribution in [0.2, 0.25) is 0 Å². The Bertz CT molecular complexity index is 6840. The second-order valence-corrected chi connectivity index (χ2v) is 41.5. The molecule has 0 aliphatic rings. The lowest BCUT2D eigenvalue weighted by Crippen LogP contribution is -2.37. The summed E-state index contributed by atoms with van der Waals surface area (Å²) in [6.07, 6.45) is 7.51. The van der Waals surface area contributed by atoms with E-state index in [1.165, 1.54) is 138 Å². The van der Waals surface area contributed by atoms with E-state index < -0.39 is 0 Å². The molecule has 135 heavy (non-hydrogen) atoms. The van der Waals surface area contributed by atoms with Gasteiger partial charge >= 0.3 is 0 Å². The van der Waals surface area contributed by atoms with Crippen molar-refractivity contribution in [3.63, 3.8) is 0 Å². The van der Waals surface area contributed by atoms with Crippen molar-refractivity contribution in [2.45, 2.75) is 184 Å². The van der Waals surface area contributed by atoms with Crippen LogP contribution in [0.1, 0.15) is 145 Å². The minimum atomic E-state index is -0.0474. The molecule has 3 aromatic heterocycles. The highest BCUT2D eigenvalue weighted by Crippen LogP contribution is 2.44. The van der Waals surface area contributed by atoms with Crippen molar-refractivity contribution in [1.82, 2.24) is 23.7 Å². The van der Waals surface area contributed by atoms with Crippen molar-refractivity contribution >= 4 is 121 Å². The Hall–Kier alpha value is -14.5. The van der Waals surface area contributed by atoms with E-state index >= 15 is 0 Å². The number of hydrogen-bond acceptors (Lipinski definition) is 6. The zero-order chi connectivity index (χ0) is 95.9. The third-order valence-corrected chi connectivity index (χ3v) is 23.9. The van der Waals surface area contributed by atoms with Crippen molar-refractivity contribution in [2.75, 3.05) is 19.6 Å². The predicted octanol–water partition coefficient (Wildman–Crippen LogP) is 35.4. The summed E-state index contributed by atoms with van der Waals surface area (Å²) in [4.78, 5) is 17.9. The molecule has 0 saturated carbocycles. The molecular weight excluding hydrogens is 1640 g/mol. The lowest BCUT2D eigenvalue weighted by molar-refractivity contribution is 0.396. The van der Waals surface area contributed by atoms with Gasteiger partial charge in [-0.25, -0.2) is 9.97 Å². The van der Waals surface area contributed by atoms with Crippen molar-refractivity contribution in [2.24, 2.45) is 0 Å². The van der Waals surface area contributed by atoms with Crippen molar-refractivity contribution in [3.05, 3.63) is 438 Å². The number of anilines is 8. The standard InChI is InChI=1S/C28H27N.2C24H23N.C16H17N.C16H19N.C11H14N2.C7H12N2/c1-28(2,3)29(26-18-14-24(15-19-26)22-10-6-4-7-11-22)27-20-16-25(17-21-27)23-12-8-5-9-13-23;1-24(2,3)25(22-16-8-12-18-10-4-6-14-20(18)22)23-17-9-13-19-11-5-7-15-21(19)23;1-24(2,3)25(22-14-12-18-8-4-6-10-20(18)16-22)23-15-13-19-9-5-7-11-21(19)17-23;1-16(2,3)17-14-10-6-4-8-12(14)13-9-5-7-11-15(13)17;1-16(2,3)17(14-10-6-4-7-11-14)15-12-8-5-9-13-15;1-11(2,3)13-8-12-9-6-4-5-7-10(9)13;1-7(2,3)9-5-4-8-6-9/h4-21H,1-3H3;2*4-17H,1-3H3;4-11H,1-3H3;4-13H,1-3H3;4-8H,1-3H3;4-6H,1-3H3. The quantitative estimate of drug-likeness (QED) is 0.136. The van der Waals surface area contributed by atoms with E-state index in [9.17, 15) is 0 Å². The third-order valence-electron chi connectivity index (χ3n) is 23.9. The summed E-state index contributed by atoms with van der Waals surface area (Å²) in [5, 5.41) is 12.9. The fraction of sp³-hybridized carbons (Fsp3) is 0.222. The Morgan fingerprint density at radius 3 is 0.874 bits per heavy atom.